The molecular formula is C22H25N3O5. The Morgan fingerprint density at radius 2 is 1.97 bits per heavy atom. The number of nitrogens with zero attached hydrogens (tertiary/aromatic N) is 2. The van der Waals surface area contributed by atoms with E-state index in [-0.39, 0.29) is 43.1 Å². The van der Waals surface area contributed by atoms with Crippen LogP contribution < -0.4 is 10.2 Å². The minimum absolute atomic E-state index is 0.0698. The summed E-state index contributed by atoms with van der Waals surface area (Å²) in [7, 11) is 0. The van der Waals surface area contributed by atoms with E-state index in [1.807, 2.05) is 0 Å². The van der Waals surface area contributed by atoms with E-state index in [1.54, 1.807) is 24.3 Å². The molecule has 2 heterocycles. The van der Waals surface area contributed by atoms with Crippen molar-refractivity contribution in [3.05, 3.63) is 42.5 Å². The van der Waals surface area contributed by atoms with Gasteiger partial charge in [-0.2, -0.15) is 0 Å². The Bertz CT molecular complexity index is 908. The predicted molar refractivity (Wildman–Crippen MR) is 108 cm³/mol. The second-order valence-corrected chi connectivity index (χ2v) is 7.89. The zero-order valence-corrected chi connectivity index (χ0v) is 16.8. The van der Waals surface area contributed by atoms with Crippen molar-refractivity contribution in [2.45, 2.75) is 50.2 Å². The van der Waals surface area contributed by atoms with Gasteiger partial charge in [0.05, 0.1) is 11.3 Å². The van der Waals surface area contributed by atoms with Crippen LogP contribution in [-0.2, 0) is 19.1 Å². The van der Waals surface area contributed by atoms with Gasteiger partial charge in [0.1, 0.15) is 0 Å². The highest BCUT2D eigenvalue weighted by atomic mass is 16.5. The minimum Gasteiger partial charge on any atom is -0.452 e. The second-order valence-electron chi connectivity index (χ2n) is 7.89. The largest absolute Gasteiger partial charge is 0.452 e. The highest BCUT2D eigenvalue weighted by Crippen LogP contribution is 2.45. The van der Waals surface area contributed by atoms with Gasteiger partial charge in [-0.25, -0.2) is 4.79 Å². The fourth-order valence-electron chi connectivity index (χ4n) is 4.72. The first-order chi connectivity index (χ1) is 14.5. The molecule has 0 spiro atoms. The monoisotopic (exact) mass is 411 g/mol. The molecule has 8 heteroatoms. The number of hydrogen-bond donors (Lipinski definition) is 1. The number of amides is 3. The topological polar surface area (TPSA) is 96.0 Å². The average Bonchev–Trinajstić information content (AvgIpc) is 3.38. The Kier molecular flexibility index (Phi) is 5.32. The third kappa shape index (κ3) is 3.16. The number of para-hydroxylation sites is 1. The summed E-state index contributed by atoms with van der Waals surface area (Å²) in [6.07, 6.45) is 5.69. The first-order valence-corrected chi connectivity index (χ1v) is 10.3. The molecule has 0 radical (unpaired) electrons. The summed E-state index contributed by atoms with van der Waals surface area (Å²) >= 11 is 0. The van der Waals surface area contributed by atoms with Crippen LogP contribution in [0.5, 0.6) is 0 Å². The summed E-state index contributed by atoms with van der Waals surface area (Å²) in [6.45, 7) is 3.31. The molecule has 2 fully saturated rings. The molecule has 0 aromatic heterocycles. The van der Waals surface area contributed by atoms with Crippen LogP contribution in [0.1, 0.15) is 48.9 Å². The summed E-state index contributed by atoms with van der Waals surface area (Å²) in [5.41, 5.74) is -0.876. The van der Waals surface area contributed by atoms with Crippen LogP contribution in [0.25, 0.3) is 0 Å². The number of anilines is 1. The zero-order chi connectivity index (χ0) is 21.3. The lowest BCUT2D eigenvalue weighted by Gasteiger charge is -2.48. The lowest BCUT2D eigenvalue weighted by Crippen LogP contribution is -2.68. The minimum atomic E-state index is -1.61. The molecule has 2 aliphatic heterocycles. The van der Waals surface area contributed by atoms with Crippen LogP contribution in [-0.4, -0.2) is 53.4 Å². The quantitative estimate of drug-likeness (QED) is 0.568. The van der Waals surface area contributed by atoms with Crippen molar-refractivity contribution in [2.24, 2.45) is 0 Å². The zero-order valence-electron chi connectivity index (χ0n) is 16.8. The van der Waals surface area contributed by atoms with Crippen LogP contribution in [0.15, 0.2) is 36.9 Å². The maximum absolute atomic E-state index is 13.3. The summed E-state index contributed by atoms with van der Waals surface area (Å²) in [4.78, 5) is 54.2. The smallest absolute Gasteiger partial charge is 0.354 e. The van der Waals surface area contributed by atoms with E-state index in [1.165, 1.54) is 15.9 Å². The van der Waals surface area contributed by atoms with E-state index in [0.29, 0.717) is 11.3 Å². The number of ether oxygens (including phenoxy) is 1. The molecule has 0 unspecified atom stereocenters. The summed E-state index contributed by atoms with van der Waals surface area (Å²) in [6, 6.07) is 6.81. The van der Waals surface area contributed by atoms with Gasteiger partial charge < -0.3 is 15.0 Å². The molecule has 1 atom stereocenters. The van der Waals surface area contributed by atoms with Crippen molar-refractivity contribution in [3.8, 4) is 0 Å². The second kappa shape index (κ2) is 7.93. The Morgan fingerprint density at radius 1 is 1.23 bits per heavy atom. The normalized spacial score (nSPS) is 23.2. The van der Waals surface area contributed by atoms with Gasteiger partial charge in [-0.1, -0.05) is 31.1 Å². The molecule has 1 aromatic rings. The molecule has 30 heavy (non-hydrogen) atoms. The van der Waals surface area contributed by atoms with Gasteiger partial charge in [-0.3, -0.25) is 19.3 Å². The number of fused-ring (bicyclic) bond motifs is 3. The van der Waals surface area contributed by atoms with Crippen molar-refractivity contribution in [2.75, 3.05) is 18.1 Å². The van der Waals surface area contributed by atoms with Gasteiger partial charge in [0.2, 0.25) is 11.6 Å². The van der Waals surface area contributed by atoms with Crippen LogP contribution in [0.4, 0.5) is 5.69 Å². The predicted octanol–water partition coefficient (Wildman–Crippen LogP) is 1.75. The number of rotatable bonds is 6. The molecule has 4 rings (SSSR count). The van der Waals surface area contributed by atoms with Crippen molar-refractivity contribution < 1.29 is 23.9 Å². The van der Waals surface area contributed by atoms with E-state index in [9.17, 15) is 19.2 Å². The molecule has 158 valence electrons. The van der Waals surface area contributed by atoms with Crippen molar-refractivity contribution in [1.29, 1.82) is 0 Å². The van der Waals surface area contributed by atoms with Gasteiger partial charge in [0, 0.05) is 25.4 Å². The van der Waals surface area contributed by atoms with Gasteiger partial charge in [0.15, 0.2) is 6.61 Å². The third-order valence-corrected chi connectivity index (χ3v) is 6.07. The number of hydrogen-bond acceptors (Lipinski definition) is 5. The van der Waals surface area contributed by atoms with Crippen LogP contribution in [0, 0.1) is 0 Å². The van der Waals surface area contributed by atoms with E-state index in [0.717, 1.165) is 25.7 Å². The Balaban J connectivity index is 1.62. The maximum atomic E-state index is 13.3. The fraction of sp³-hybridized carbons (Fsp3) is 0.455. The van der Waals surface area contributed by atoms with Crippen molar-refractivity contribution in [1.82, 2.24) is 10.2 Å². The molecular weight excluding hydrogens is 386 g/mol. The lowest BCUT2D eigenvalue weighted by atomic mass is 9.96. The highest BCUT2D eigenvalue weighted by molar-refractivity contribution is 6.15. The van der Waals surface area contributed by atoms with E-state index < -0.39 is 18.2 Å². The van der Waals surface area contributed by atoms with Crippen LogP contribution in [0.2, 0.25) is 0 Å². The summed E-state index contributed by atoms with van der Waals surface area (Å²) in [5, 5.41) is 2.87. The number of nitrogens with one attached hydrogen (secondary N) is 1. The third-order valence-electron chi connectivity index (χ3n) is 6.07. The molecule has 1 aliphatic carbocycles. The molecule has 0 bridgehead atoms. The van der Waals surface area contributed by atoms with Gasteiger partial charge >= 0.3 is 5.97 Å². The van der Waals surface area contributed by atoms with E-state index >= 15 is 0 Å². The summed E-state index contributed by atoms with van der Waals surface area (Å²) in [5.74, 6) is -1.79. The molecule has 1 saturated heterocycles. The average molecular weight is 411 g/mol. The molecule has 1 saturated carbocycles. The first kappa shape index (κ1) is 20.1. The first-order valence-electron chi connectivity index (χ1n) is 10.3. The van der Waals surface area contributed by atoms with Gasteiger partial charge in [0.25, 0.3) is 11.8 Å². The molecule has 3 amide bonds. The molecule has 1 aromatic carbocycles. The van der Waals surface area contributed by atoms with E-state index in [2.05, 4.69) is 11.9 Å². The Morgan fingerprint density at radius 3 is 2.70 bits per heavy atom. The molecule has 3 aliphatic rings. The standard InChI is InChI=1S/C22H25N3O5/c1-2-13-24-20(28)16-9-5-6-10-17(16)25-19(27)11-12-22(24,25)21(29)30-14-18(26)23-15-7-3-4-8-15/h2,5-6,9-10,15H,1,3-4,7-8,11-14H2,(H,23,26)/t22-/m0/s1. The van der Waals surface area contributed by atoms with Crippen molar-refractivity contribution in [3.63, 3.8) is 0 Å². The molecule has 1 N–H and O–H groups in total. The highest BCUT2D eigenvalue weighted by Gasteiger charge is 2.61. The number of benzene rings is 1. The number of carbonyl (C=O) groups is 4. The number of esters is 1. The Hall–Kier alpha value is -3.16. The lowest BCUT2D eigenvalue weighted by molar-refractivity contribution is -0.159. The maximum Gasteiger partial charge on any atom is 0.354 e. The molecule has 8 nitrogen and oxygen atoms in total. The van der Waals surface area contributed by atoms with Crippen molar-refractivity contribution >= 4 is 29.4 Å². The Labute approximate surface area is 174 Å². The van der Waals surface area contributed by atoms with Crippen LogP contribution >= 0.6 is 0 Å². The van der Waals surface area contributed by atoms with E-state index in [4.69, 9.17) is 4.74 Å². The van der Waals surface area contributed by atoms with Gasteiger partial charge in [-0.15, -0.1) is 6.58 Å². The summed E-state index contributed by atoms with van der Waals surface area (Å²) < 4.78 is 5.37. The fourth-order valence-corrected chi connectivity index (χ4v) is 4.72. The van der Waals surface area contributed by atoms with Crippen LogP contribution in [0.3, 0.4) is 0 Å². The number of carbonyl (C=O) groups excluding carboxylic acids is 4. The SMILES string of the molecule is C=CCN1C(=O)c2ccccc2N2C(=O)CC[C@]12C(=O)OCC(=O)NC1CCCC1. The van der Waals surface area contributed by atoms with Gasteiger partial charge in [-0.05, 0) is 25.0 Å².